The number of methoxy groups -OCH3 is 1. The summed E-state index contributed by atoms with van der Waals surface area (Å²) in [4.78, 5) is 47.9. The van der Waals surface area contributed by atoms with Gasteiger partial charge < -0.3 is 24.8 Å². The van der Waals surface area contributed by atoms with Crippen molar-refractivity contribution in [2.24, 2.45) is 0 Å². The third-order valence-corrected chi connectivity index (χ3v) is 3.81. The van der Waals surface area contributed by atoms with Crippen molar-refractivity contribution in [1.82, 2.24) is 5.32 Å². The summed E-state index contributed by atoms with van der Waals surface area (Å²) in [7, 11) is 1.43. The van der Waals surface area contributed by atoms with Gasteiger partial charge >= 0.3 is 11.9 Å². The number of para-hydroxylation sites is 2. The van der Waals surface area contributed by atoms with Crippen LogP contribution in [0.3, 0.4) is 0 Å². The average Bonchev–Trinajstić information content (AvgIpc) is 2.76. The van der Waals surface area contributed by atoms with Gasteiger partial charge in [0.05, 0.1) is 30.5 Å². The van der Waals surface area contributed by atoms with Crippen molar-refractivity contribution in [1.29, 1.82) is 0 Å². The van der Waals surface area contributed by atoms with E-state index in [-0.39, 0.29) is 23.4 Å². The molecule has 30 heavy (non-hydrogen) atoms. The number of ether oxygens (including phenoxy) is 3. The maximum Gasteiger partial charge on any atom is 0.340 e. The number of rotatable bonds is 9. The van der Waals surface area contributed by atoms with E-state index in [4.69, 9.17) is 14.2 Å². The minimum absolute atomic E-state index is 0.183. The number of benzene rings is 2. The molecule has 9 heteroatoms. The van der Waals surface area contributed by atoms with Crippen molar-refractivity contribution in [3.63, 3.8) is 0 Å². The molecular weight excluding hydrogens is 392 g/mol. The lowest BCUT2D eigenvalue weighted by Crippen LogP contribution is -2.32. The number of esters is 2. The van der Waals surface area contributed by atoms with E-state index >= 15 is 0 Å². The molecule has 0 heterocycles. The number of nitrogens with one attached hydrogen (secondary N) is 2. The van der Waals surface area contributed by atoms with Gasteiger partial charge in [0.25, 0.3) is 11.8 Å². The van der Waals surface area contributed by atoms with E-state index in [1.807, 2.05) is 0 Å². The zero-order valence-electron chi connectivity index (χ0n) is 16.6. The molecule has 0 aliphatic heterocycles. The molecule has 2 aromatic carbocycles. The largest absolute Gasteiger partial charge is 0.496 e. The topological polar surface area (TPSA) is 120 Å². The van der Waals surface area contributed by atoms with E-state index in [1.165, 1.54) is 19.2 Å². The molecule has 0 unspecified atom stereocenters. The monoisotopic (exact) mass is 414 g/mol. The third-order valence-electron chi connectivity index (χ3n) is 3.81. The van der Waals surface area contributed by atoms with Crippen molar-refractivity contribution >= 4 is 29.4 Å². The molecule has 0 spiro atoms. The standard InChI is InChI=1S/C21H22N2O7/c1-3-29-21(27)14-8-4-6-10-16(14)23-18(24)13-30-19(25)12-22-20(26)15-9-5-7-11-17(15)28-2/h4-11H,3,12-13H2,1-2H3,(H,22,26)(H,23,24). The highest BCUT2D eigenvalue weighted by atomic mass is 16.5. The quantitative estimate of drug-likeness (QED) is 0.600. The molecule has 2 rings (SSSR count). The molecule has 0 fully saturated rings. The number of hydrogen-bond acceptors (Lipinski definition) is 7. The van der Waals surface area contributed by atoms with E-state index in [0.29, 0.717) is 5.75 Å². The van der Waals surface area contributed by atoms with Crippen molar-refractivity contribution in [3.8, 4) is 5.75 Å². The van der Waals surface area contributed by atoms with Gasteiger partial charge in [-0.2, -0.15) is 0 Å². The molecular formula is C21H22N2O7. The summed E-state index contributed by atoms with van der Waals surface area (Å²) in [5, 5.41) is 4.89. The van der Waals surface area contributed by atoms with Crippen molar-refractivity contribution in [2.75, 3.05) is 32.2 Å². The van der Waals surface area contributed by atoms with Crippen LogP contribution < -0.4 is 15.4 Å². The van der Waals surface area contributed by atoms with E-state index in [2.05, 4.69) is 10.6 Å². The number of carbonyl (C=O) groups is 4. The van der Waals surface area contributed by atoms with Crippen LogP contribution in [0.1, 0.15) is 27.6 Å². The summed E-state index contributed by atoms with van der Waals surface area (Å²) in [6.07, 6.45) is 0. The van der Waals surface area contributed by atoms with Crippen LogP contribution in [0.25, 0.3) is 0 Å². The van der Waals surface area contributed by atoms with Crippen molar-refractivity contribution < 1.29 is 33.4 Å². The van der Waals surface area contributed by atoms with Crippen LogP contribution >= 0.6 is 0 Å². The van der Waals surface area contributed by atoms with Gasteiger partial charge in [0.1, 0.15) is 12.3 Å². The predicted molar refractivity (Wildman–Crippen MR) is 107 cm³/mol. The fourth-order valence-corrected chi connectivity index (χ4v) is 2.44. The second kappa shape index (κ2) is 11.2. The third kappa shape index (κ3) is 6.33. The van der Waals surface area contributed by atoms with Gasteiger partial charge in [-0.3, -0.25) is 14.4 Å². The molecule has 0 bridgehead atoms. The Morgan fingerprint density at radius 3 is 2.27 bits per heavy atom. The first kappa shape index (κ1) is 22.4. The molecule has 0 atom stereocenters. The fraction of sp³-hybridized carbons (Fsp3) is 0.238. The molecule has 0 radical (unpaired) electrons. The number of anilines is 1. The van der Waals surface area contributed by atoms with E-state index in [1.54, 1.807) is 43.3 Å². The molecule has 0 aliphatic rings. The second-order valence-electron chi connectivity index (χ2n) is 5.86. The second-order valence-corrected chi connectivity index (χ2v) is 5.86. The van der Waals surface area contributed by atoms with E-state index in [0.717, 1.165) is 0 Å². The highest BCUT2D eigenvalue weighted by molar-refractivity contribution is 6.02. The maximum atomic E-state index is 12.1. The van der Waals surface area contributed by atoms with Crippen molar-refractivity contribution in [3.05, 3.63) is 59.7 Å². The first-order chi connectivity index (χ1) is 14.5. The fourth-order valence-electron chi connectivity index (χ4n) is 2.44. The Morgan fingerprint density at radius 1 is 0.900 bits per heavy atom. The SMILES string of the molecule is CCOC(=O)c1ccccc1NC(=O)COC(=O)CNC(=O)c1ccccc1OC. The molecule has 2 N–H and O–H groups in total. The number of hydrogen-bond donors (Lipinski definition) is 2. The molecule has 2 amide bonds. The Hall–Kier alpha value is -3.88. The number of carbonyl (C=O) groups excluding carboxylic acids is 4. The Morgan fingerprint density at radius 2 is 1.57 bits per heavy atom. The van der Waals surface area contributed by atoms with Gasteiger partial charge in [0.15, 0.2) is 6.61 Å². The summed E-state index contributed by atoms with van der Waals surface area (Å²) in [6.45, 7) is 0.856. The summed E-state index contributed by atoms with van der Waals surface area (Å²) < 4.78 is 14.9. The van der Waals surface area contributed by atoms with Crippen LogP contribution in [-0.4, -0.2) is 50.6 Å². The highest BCUT2D eigenvalue weighted by Gasteiger charge is 2.16. The van der Waals surface area contributed by atoms with Crippen LogP contribution in [0, 0.1) is 0 Å². The molecule has 158 valence electrons. The average molecular weight is 414 g/mol. The minimum atomic E-state index is -0.799. The lowest BCUT2D eigenvalue weighted by atomic mass is 10.2. The lowest BCUT2D eigenvalue weighted by molar-refractivity contribution is -0.146. The van der Waals surface area contributed by atoms with Crippen LogP contribution in [0.5, 0.6) is 5.75 Å². The summed E-state index contributed by atoms with van der Waals surface area (Å²) in [5.41, 5.74) is 0.686. The van der Waals surface area contributed by atoms with Gasteiger partial charge in [-0.15, -0.1) is 0 Å². The summed E-state index contributed by atoms with van der Waals surface area (Å²) in [5.74, 6) is -2.17. The molecule has 0 saturated heterocycles. The summed E-state index contributed by atoms with van der Waals surface area (Å²) in [6, 6.07) is 12.8. The van der Waals surface area contributed by atoms with Gasteiger partial charge in [-0.05, 0) is 31.2 Å². The minimum Gasteiger partial charge on any atom is -0.496 e. The predicted octanol–water partition coefficient (Wildman–Crippen LogP) is 1.78. The van der Waals surface area contributed by atoms with Gasteiger partial charge in [-0.1, -0.05) is 24.3 Å². The summed E-state index contributed by atoms with van der Waals surface area (Å²) >= 11 is 0. The van der Waals surface area contributed by atoms with Crippen LogP contribution in [0.4, 0.5) is 5.69 Å². The Labute approximate surface area is 173 Å². The van der Waals surface area contributed by atoms with Crippen LogP contribution in [-0.2, 0) is 19.1 Å². The van der Waals surface area contributed by atoms with Crippen LogP contribution in [0.2, 0.25) is 0 Å². The van der Waals surface area contributed by atoms with Crippen molar-refractivity contribution in [2.45, 2.75) is 6.92 Å². The Balaban J connectivity index is 1.83. The van der Waals surface area contributed by atoms with Gasteiger partial charge in [0, 0.05) is 0 Å². The van der Waals surface area contributed by atoms with E-state index < -0.39 is 36.9 Å². The molecule has 0 aliphatic carbocycles. The van der Waals surface area contributed by atoms with Crippen LogP contribution in [0.15, 0.2) is 48.5 Å². The normalized spacial score (nSPS) is 9.93. The zero-order chi connectivity index (χ0) is 21.9. The smallest absolute Gasteiger partial charge is 0.340 e. The zero-order valence-corrected chi connectivity index (χ0v) is 16.6. The van der Waals surface area contributed by atoms with Gasteiger partial charge in [0.2, 0.25) is 0 Å². The van der Waals surface area contributed by atoms with E-state index in [9.17, 15) is 19.2 Å². The molecule has 0 aromatic heterocycles. The Bertz CT molecular complexity index is 927. The number of amides is 2. The first-order valence-electron chi connectivity index (χ1n) is 9.09. The lowest BCUT2D eigenvalue weighted by Gasteiger charge is -2.11. The first-order valence-corrected chi connectivity index (χ1v) is 9.09. The molecule has 0 saturated carbocycles. The molecule has 2 aromatic rings. The maximum absolute atomic E-state index is 12.1. The molecule has 9 nitrogen and oxygen atoms in total. The highest BCUT2D eigenvalue weighted by Crippen LogP contribution is 2.17. The van der Waals surface area contributed by atoms with Gasteiger partial charge in [-0.25, -0.2) is 4.79 Å². The Kier molecular flexibility index (Phi) is 8.37.